The van der Waals surface area contributed by atoms with Crippen molar-refractivity contribution in [3.63, 3.8) is 0 Å². The molecule has 1 rings (SSSR count). The van der Waals surface area contributed by atoms with Gasteiger partial charge in [-0.3, -0.25) is 0 Å². The number of carbonyl (C=O) groups excluding carboxylic acids is 1. The Morgan fingerprint density at radius 3 is 2.65 bits per heavy atom. The van der Waals surface area contributed by atoms with Gasteiger partial charge in [0.25, 0.3) is 0 Å². The van der Waals surface area contributed by atoms with E-state index in [0.717, 1.165) is 6.26 Å². The Balaban J connectivity index is 2.60. The normalized spacial score (nSPS) is 21.3. The molecule has 0 bridgehead atoms. The first kappa shape index (κ1) is 16.7. The number of nitrogens with zero attached hydrogens (tertiary/aromatic N) is 1. The monoisotopic (exact) mass is 308 g/mol. The number of nitrogens with one attached hydrogen (secondary N) is 1. The van der Waals surface area contributed by atoms with Crippen molar-refractivity contribution >= 4 is 21.8 Å². The maximum absolute atomic E-state index is 12.0. The van der Waals surface area contributed by atoms with Crippen LogP contribution in [0.4, 0.5) is 4.79 Å². The Morgan fingerprint density at radius 2 is 2.15 bits per heavy atom. The summed E-state index contributed by atoms with van der Waals surface area (Å²) in [7, 11) is -3.27. The molecule has 2 unspecified atom stereocenters. The number of morpholine rings is 1. The molecule has 116 valence electrons. The highest BCUT2D eigenvalue weighted by atomic mass is 32.2. The number of rotatable bonds is 5. The zero-order chi connectivity index (χ0) is 15.3. The number of ether oxygens (including phenoxy) is 1. The van der Waals surface area contributed by atoms with Crippen molar-refractivity contribution in [3.8, 4) is 0 Å². The van der Waals surface area contributed by atoms with Crippen molar-refractivity contribution in [2.75, 3.05) is 31.8 Å². The lowest BCUT2D eigenvalue weighted by molar-refractivity contribution is -0.139. The van der Waals surface area contributed by atoms with Crippen molar-refractivity contribution < 1.29 is 27.9 Å². The van der Waals surface area contributed by atoms with Gasteiger partial charge in [0.1, 0.15) is 15.9 Å². The van der Waals surface area contributed by atoms with Gasteiger partial charge in [-0.2, -0.15) is 0 Å². The zero-order valence-electron chi connectivity index (χ0n) is 11.5. The third kappa shape index (κ3) is 5.33. The van der Waals surface area contributed by atoms with Crippen LogP contribution in [0.1, 0.15) is 13.3 Å². The molecule has 0 aliphatic carbocycles. The summed E-state index contributed by atoms with van der Waals surface area (Å²) in [5.41, 5.74) is 0. The number of amides is 2. The molecule has 9 heteroatoms. The van der Waals surface area contributed by atoms with E-state index in [1.807, 2.05) is 0 Å². The molecule has 1 saturated heterocycles. The van der Waals surface area contributed by atoms with Crippen molar-refractivity contribution in [1.82, 2.24) is 10.2 Å². The minimum Gasteiger partial charge on any atom is -0.480 e. The van der Waals surface area contributed by atoms with Crippen LogP contribution in [0, 0.1) is 0 Å². The van der Waals surface area contributed by atoms with Crippen LogP contribution in [0.5, 0.6) is 0 Å². The van der Waals surface area contributed by atoms with Crippen molar-refractivity contribution in [3.05, 3.63) is 0 Å². The van der Waals surface area contributed by atoms with Gasteiger partial charge in [0, 0.05) is 12.8 Å². The van der Waals surface area contributed by atoms with Gasteiger partial charge in [0.15, 0.2) is 0 Å². The standard InChI is InChI=1S/C11H20N2O6S/c1-8-7-19-5-4-13(8)11(16)12-9(10(14)15)3-6-20(2,17)18/h8-9H,3-7H2,1-2H3,(H,12,16)(H,14,15). The predicted octanol–water partition coefficient (Wildman–Crippen LogP) is -0.695. The molecule has 8 nitrogen and oxygen atoms in total. The molecule has 0 aromatic heterocycles. The summed E-state index contributed by atoms with van der Waals surface area (Å²) in [6, 6.07) is -1.87. The second-order valence-corrected chi connectivity index (χ2v) is 7.14. The summed E-state index contributed by atoms with van der Waals surface area (Å²) in [5, 5.41) is 11.4. The number of hydrogen-bond donors (Lipinski definition) is 2. The topological polar surface area (TPSA) is 113 Å². The third-order valence-corrected chi connectivity index (χ3v) is 3.98. The highest BCUT2D eigenvalue weighted by molar-refractivity contribution is 7.90. The fourth-order valence-electron chi connectivity index (χ4n) is 1.85. The number of carboxylic acid groups (broad SMARTS) is 1. The van der Waals surface area contributed by atoms with Crippen LogP contribution in [0.2, 0.25) is 0 Å². The van der Waals surface area contributed by atoms with Gasteiger partial charge in [0.05, 0.1) is 25.0 Å². The Morgan fingerprint density at radius 1 is 1.50 bits per heavy atom. The number of aliphatic carboxylic acids is 1. The van der Waals surface area contributed by atoms with Crippen molar-refractivity contribution in [2.24, 2.45) is 0 Å². The fraction of sp³-hybridized carbons (Fsp3) is 0.818. The van der Waals surface area contributed by atoms with Gasteiger partial charge in [-0.1, -0.05) is 0 Å². The third-order valence-electron chi connectivity index (χ3n) is 3.00. The highest BCUT2D eigenvalue weighted by Gasteiger charge is 2.28. The first-order valence-electron chi connectivity index (χ1n) is 6.26. The molecule has 0 aromatic carbocycles. The quantitative estimate of drug-likeness (QED) is 0.694. The number of sulfone groups is 1. The summed E-state index contributed by atoms with van der Waals surface area (Å²) in [5.74, 6) is -1.54. The van der Waals surface area contributed by atoms with Crippen LogP contribution in [0.15, 0.2) is 0 Å². The first-order valence-corrected chi connectivity index (χ1v) is 8.32. The van der Waals surface area contributed by atoms with E-state index in [4.69, 9.17) is 9.84 Å². The van der Waals surface area contributed by atoms with Crippen LogP contribution in [-0.4, -0.2) is 74.3 Å². The zero-order valence-corrected chi connectivity index (χ0v) is 12.4. The summed E-state index contributed by atoms with van der Waals surface area (Å²) >= 11 is 0. The summed E-state index contributed by atoms with van der Waals surface area (Å²) < 4.78 is 27.3. The molecule has 20 heavy (non-hydrogen) atoms. The highest BCUT2D eigenvalue weighted by Crippen LogP contribution is 2.07. The Hall–Kier alpha value is -1.35. The summed E-state index contributed by atoms with van der Waals surface area (Å²) in [4.78, 5) is 24.5. The summed E-state index contributed by atoms with van der Waals surface area (Å²) in [6.07, 6.45) is 0.871. The number of urea groups is 1. The predicted molar refractivity (Wildman–Crippen MR) is 71.3 cm³/mol. The Labute approximate surface area is 118 Å². The van der Waals surface area contributed by atoms with E-state index >= 15 is 0 Å². The first-order chi connectivity index (χ1) is 9.20. The smallest absolute Gasteiger partial charge is 0.326 e. The lowest BCUT2D eigenvalue weighted by atomic mass is 10.2. The molecule has 2 amide bonds. The largest absolute Gasteiger partial charge is 0.480 e. The maximum atomic E-state index is 12.0. The molecule has 1 fully saturated rings. The van der Waals surface area contributed by atoms with Crippen molar-refractivity contribution in [1.29, 1.82) is 0 Å². The van der Waals surface area contributed by atoms with Gasteiger partial charge >= 0.3 is 12.0 Å². The van der Waals surface area contributed by atoms with Crippen LogP contribution in [0.25, 0.3) is 0 Å². The van der Waals surface area contributed by atoms with E-state index in [-0.39, 0.29) is 18.2 Å². The fourth-order valence-corrected chi connectivity index (χ4v) is 2.51. The van der Waals surface area contributed by atoms with Crippen LogP contribution < -0.4 is 5.32 Å². The lowest BCUT2D eigenvalue weighted by Crippen LogP contribution is -2.54. The Bertz CT molecular complexity index is 464. The molecule has 1 aliphatic heterocycles. The van der Waals surface area contributed by atoms with E-state index in [9.17, 15) is 18.0 Å². The molecule has 1 aliphatic rings. The molecule has 0 saturated carbocycles. The number of carboxylic acids is 1. The minimum atomic E-state index is -3.27. The van der Waals surface area contributed by atoms with E-state index in [1.54, 1.807) is 6.92 Å². The molecule has 0 spiro atoms. The molecule has 2 atom stereocenters. The molecule has 0 radical (unpaired) electrons. The van der Waals surface area contributed by atoms with Gasteiger partial charge in [0.2, 0.25) is 0 Å². The molecular formula is C11H20N2O6S. The lowest BCUT2D eigenvalue weighted by Gasteiger charge is -2.34. The van der Waals surface area contributed by atoms with Crippen LogP contribution in [-0.2, 0) is 19.4 Å². The summed E-state index contributed by atoms with van der Waals surface area (Å²) in [6.45, 7) is 2.98. The van der Waals surface area contributed by atoms with Crippen molar-refractivity contribution in [2.45, 2.75) is 25.4 Å². The van der Waals surface area contributed by atoms with Gasteiger partial charge in [-0.05, 0) is 13.3 Å². The molecular weight excluding hydrogens is 288 g/mol. The Kier molecular flexibility index (Phi) is 5.75. The average molecular weight is 308 g/mol. The van der Waals surface area contributed by atoms with Crippen LogP contribution >= 0.6 is 0 Å². The molecule has 2 N–H and O–H groups in total. The number of carbonyl (C=O) groups is 2. The molecule has 1 heterocycles. The minimum absolute atomic E-state index is 0.145. The molecule has 0 aromatic rings. The van der Waals surface area contributed by atoms with Gasteiger partial charge < -0.3 is 20.1 Å². The average Bonchev–Trinajstić information content (AvgIpc) is 2.33. The second kappa shape index (κ2) is 6.89. The van der Waals surface area contributed by atoms with E-state index in [0.29, 0.717) is 19.8 Å². The maximum Gasteiger partial charge on any atom is 0.326 e. The second-order valence-electron chi connectivity index (χ2n) is 4.88. The van der Waals surface area contributed by atoms with E-state index < -0.39 is 27.9 Å². The van der Waals surface area contributed by atoms with Gasteiger partial charge in [-0.15, -0.1) is 0 Å². The van der Waals surface area contributed by atoms with Gasteiger partial charge in [-0.25, -0.2) is 18.0 Å². The van der Waals surface area contributed by atoms with E-state index in [1.165, 1.54) is 4.90 Å². The van der Waals surface area contributed by atoms with E-state index in [2.05, 4.69) is 5.32 Å². The SMILES string of the molecule is CC1COCCN1C(=O)NC(CCS(C)(=O)=O)C(=O)O. The number of hydrogen-bond acceptors (Lipinski definition) is 5. The van der Waals surface area contributed by atoms with Crippen LogP contribution in [0.3, 0.4) is 0 Å².